The summed E-state index contributed by atoms with van der Waals surface area (Å²) in [5.41, 5.74) is 6.69. The number of hydrogen-bond donors (Lipinski definition) is 1. The van der Waals surface area contributed by atoms with Crippen molar-refractivity contribution in [3.05, 3.63) is 108 Å². The summed E-state index contributed by atoms with van der Waals surface area (Å²) in [4.78, 5) is 12.9. The van der Waals surface area contributed by atoms with Crippen molar-refractivity contribution >= 4 is 27.8 Å². The topological polar surface area (TPSA) is 93.0 Å². The minimum Gasteiger partial charge on any atom is -0.497 e. The molecule has 0 unspecified atom stereocenters. The van der Waals surface area contributed by atoms with Gasteiger partial charge in [0.25, 0.3) is 15.9 Å². The van der Waals surface area contributed by atoms with Gasteiger partial charge in [-0.15, -0.1) is 0 Å². The zero-order valence-electron chi connectivity index (χ0n) is 20.8. The maximum Gasteiger partial charge on any atom is 0.264 e. The zero-order valence-corrected chi connectivity index (χ0v) is 21.6. The van der Waals surface area contributed by atoms with Crippen LogP contribution in [0, 0.1) is 13.8 Å². The third-order valence-electron chi connectivity index (χ3n) is 5.86. The molecule has 4 aromatic rings. The summed E-state index contributed by atoms with van der Waals surface area (Å²) in [5, 5.41) is 4.10. The first-order valence-electron chi connectivity index (χ1n) is 11.6. The van der Waals surface area contributed by atoms with Gasteiger partial charge in [-0.1, -0.05) is 36.4 Å². The molecule has 9 heteroatoms. The number of methoxy groups -OCH3 is 1. The van der Waals surface area contributed by atoms with Gasteiger partial charge in [0.05, 0.1) is 23.9 Å². The molecule has 1 heterocycles. The van der Waals surface area contributed by atoms with Crippen LogP contribution >= 0.6 is 0 Å². The lowest BCUT2D eigenvalue weighted by atomic mass is 10.2. The molecule has 0 radical (unpaired) electrons. The first-order valence-corrected chi connectivity index (χ1v) is 13.0. The van der Waals surface area contributed by atoms with Crippen LogP contribution in [-0.2, 0) is 14.8 Å². The quantitative estimate of drug-likeness (QED) is 0.263. The van der Waals surface area contributed by atoms with Gasteiger partial charge in [0.15, 0.2) is 0 Å². The Hall–Kier alpha value is -4.37. The summed E-state index contributed by atoms with van der Waals surface area (Å²) in [7, 11) is -2.53. The number of nitrogens with one attached hydrogen (secondary N) is 1. The second-order valence-corrected chi connectivity index (χ2v) is 10.2. The molecule has 0 aliphatic heterocycles. The highest BCUT2D eigenvalue weighted by atomic mass is 32.2. The average Bonchev–Trinajstić information content (AvgIpc) is 3.20. The Kier molecular flexibility index (Phi) is 7.74. The number of amides is 1. The Morgan fingerprint density at radius 2 is 1.59 bits per heavy atom. The molecule has 190 valence electrons. The van der Waals surface area contributed by atoms with E-state index in [0.29, 0.717) is 11.4 Å². The fraction of sp³-hybridized carbons (Fsp3) is 0.143. The van der Waals surface area contributed by atoms with Crippen LogP contribution in [0.1, 0.15) is 17.0 Å². The third-order valence-corrected chi connectivity index (χ3v) is 7.64. The molecule has 8 nitrogen and oxygen atoms in total. The highest BCUT2D eigenvalue weighted by Gasteiger charge is 2.27. The molecular formula is C28H28N4O4S. The number of aryl methyl sites for hydroxylation is 1. The number of hydrazone groups is 1. The summed E-state index contributed by atoms with van der Waals surface area (Å²) in [6.07, 6.45) is 1.56. The Bertz CT molecular complexity index is 1500. The summed E-state index contributed by atoms with van der Waals surface area (Å²) >= 11 is 0. The SMILES string of the molecule is COc1ccc(S(=O)(=O)N(CC(=O)N/N=C\c2cc(C)n(-c3ccccc3)c2C)c2ccccc2)cc1. The third kappa shape index (κ3) is 5.73. The van der Waals surface area contributed by atoms with E-state index < -0.39 is 22.5 Å². The lowest BCUT2D eigenvalue weighted by Crippen LogP contribution is -2.39. The molecule has 0 saturated heterocycles. The molecule has 0 bridgehead atoms. The van der Waals surface area contributed by atoms with Crippen LogP contribution in [-0.4, -0.2) is 38.8 Å². The molecule has 0 spiro atoms. The van der Waals surface area contributed by atoms with Crippen molar-refractivity contribution in [2.24, 2.45) is 5.10 Å². The number of carbonyl (C=O) groups excluding carboxylic acids is 1. The fourth-order valence-corrected chi connectivity index (χ4v) is 5.44. The monoisotopic (exact) mass is 516 g/mol. The van der Waals surface area contributed by atoms with Crippen LogP contribution in [0.2, 0.25) is 0 Å². The van der Waals surface area contributed by atoms with E-state index >= 15 is 0 Å². The molecular weight excluding hydrogens is 488 g/mol. The number of nitrogens with zero attached hydrogens (tertiary/aromatic N) is 3. The van der Waals surface area contributed by atoms with Crippen LogP contribution in [0.15, 0.2) is 101 Å². The molecule has 1 N–H and O–H groups in total. The van der Waals surface area contributed by atoms with Gasteiger partial charge >= 0.3 is 0 Å². The number of carbonyl (C=O) groups is 1. The number of benzene rings is 3. The molecule has 0 aliphatic carbocycles. The molecule has 4 rings (SSSR count). The van der Waals surface area contributed by atoms with Gasteiger partial charge in [-0.2, -0.15) is 5.10 Å². The van der Waals surface area contributed by atoms with E-state index in [1.807, 2.05) is 50.2 Å². The van der Waals surface area contributed by atoms with E-state index in [2.05, 4.69) is 15.1 Å². The van der Waals surface area contributed by atoms with Crippen molar-refractivity contribution in [1.82, 2.24) is 9.99 Å². The van der Waals surface area contributed by atoms with Crippen LogP contribution < -0.4 is 14.5 Å². The Labute approximate surface area is 216 Å². The van der Waals surface area contributed by atoms with E-state index in [9.17, 15) is 13.2 Å². The van der Waals surface area contributed by atoms with Crippen molar-refractivity contribution in [2.45, 2.75) is 18.7 Å². The number of aromatic nitrogens is 1. The normalized spacial score (nSPS) is 11.4. The molecule has 37 heavy (non-hydrogen) atoms. The smallest absolute Gasteiger partial charge is 0.264 e. The van der Waals surface area contributed by atoms with E-state index in [-0.39, 0.29) is 4.90 Å². The van der Waals surface area contributed by atoms with E-state index in [0.717, 1.165) is 26.9 Å². The maximum atomic E-state index is 13.4. The number of para-hydroxylation sites is 2. The standard InChI is InChI=1S/C28H28N4O4S/c1-21-18-23(22(2)32(21)25-12-8-5-9-13-25)19-29-30-28(33)20-31(24-10-6-4-7-11-24)37(34,35)27-16-14-26(36-3)15-17-27/h4-19H,20H2,1-3H3,(H,30,33)/b29-19-. The minimum absolute atomic E-state index is 0.0433. The largest absolute Gasteiger partial charge is 0.497 e. The molecule has 0 atom stereocenters. The predicted molar refractivity (Wildman–Crippen MR) is 145 cm³/mol. The predicted octanol–water partition coefficient (Wildman–Crippen LogP) is 4.45. The summed E-state index contributed by atoms with van der Waals surface area (Å²) < 4.78 is 35.2. The van der Waals surface area contributed by atoms with Crippen molar-refractivity contribution < 1.29 is 17.9 Å². The number of hydrogen-bond acceptors (Lipinski definition) is 5. The van der Waals surface area contributed by atoms with Crippen molar-refractivity contribution in [3.63, 3.8) is 0 Å². The molecule has 1 amide bonds. The maximum absolute atomic E-state index is 13.4. The first kappa shape index (κ1) is 25.7. The molecule has 0 saturated carbocycles. The molecule has 1 aromatic heterocycles. The highest BCUT2D eigenvalue weighted by Crippen LogP contribution is 2.25. The number of ether oxygens (including phenoxy) is 1. The molecule has 3 aromatic carbocycles. The van der Waals surface area contributed by atoms with Gasteiger partial charge in [0.1, 0.15) is 12.3 Å². The Morgan fingerprint density at radius 3 is 2.22 bits per heavy atom. The van der Waals surface area contributed by atoms with Gasteiger partial charge in [-0.3, -0.25) is 9.10 Å². The van der Waals surface area contributed by atoms with E-state index in [1.165, 1.54) is 19.2 Å². The van der Waals surface area contributed by atoms with E-state index in [1.54, 1.807) is 48.7 Å². The lowest BCUT2D eigenvalue weighted by molar-refractivity contribution is -0.119. The van der Waals surface area contributed by atoms with Crippen molar-refractivity contribution in [2.75, 3.05) is 18.0 Å². The average molecular weight is 517 g/mol. The lowest BCUT2D eigenvalue weighted by Gasteiger charge is -2.23. The van der Waals surface area contributed by atoms with Crippen LogP contribution in [0.25, 0.3) is 5.69 Å². The van der Waals surface area contributed by atoms with Crippen LogP contribution in [0.5, 0.6) is 5.75 Å². The van der Waals surface area contributed by atoms with Gasteiger partial charge < -0.3 is 9.30 Å². The second kappa shape index (κ2) is 11.1. The molecule has 0 fully saturated rings. The molecule has 0 aliphatic rings. The Morgan fingerprint density at radius 1 is 0.973 bits per heavy atom. The zero-order chi connectivity index (χ0) is 26.4. The number of rotatable bonds is 9. The highest BCUT2D eigenvalue weighted by molar-refractivity contribution is 7.92. The van der Waals surface area contributed by atoms with Crippen molar-refractivity contribution in [3.8, 4) is 11.4 Å². The second-order valence-electron chi connectivity index (χ2n) is 8.31. The summed E-state index contributed by atoms with van der Waals surface area (Å²) in [6.45, 7) is 3.53. The fourth-order valence-electron chi connectivity index (χ4n) is 4.02. The van der Waals surface area contributed by atoms with Crippen molar-refractivity contribution in [1.29, 1.82) is 0 Å². The van der Waals surface area contributed by atoms with Gasteiger partial charge in [-0.25, -0.2) is 13.8 Å². The van der Waals surface area contributed by atoms with Gasteiger partial charge in [0, 0.05) is 22.6 Å². The summed E-state index contributed by atoms with van der Waals surface area (Å²) in [6, 6.07) is 26.4. The number of sulfonamides is 1. The first-order chi connectivity index (χ1) is 17.8. The van der Waals surface area contributed by atoms with Crippen LogP contribution in [0.3, 0.4) is 0 Å². The van der Waals surface area contributed by atoms with Gasteiger partial charge in [0.2, 0.25) is 0 Å². The van der Waals surface area contributed by atoms with E-state index in [4.69, 9.17) is 4.74 Å². The van der Waals surface area contributed by atoms with Gasteiger partial charge in [-0.05, 0) is 68.4 Å². The van der Waals surface area contributed by atoms with Crippen LogP contribution in [0.4, 0.5) is 5.69 Å². The summed E-state index contributed by atoms with van der Waals surface area (Å²) in [5.74, 6) is -0.0435. The minimum atomic E-state index is -4.03. The Balaban J connectivity index is 1.53. The number of anilines is 1.